The third kappa shape index (κ3) is 3.43. The lowest BCUT2D eigenvalue weighted by Gasteiger charge is -2.05. The lowest BCUT2D eigenvalue weighted by atomic mass is 10.5. The smallest absolute Gasteiger partial charge is 0.224 e. The van der Waals surface area contributed by atoms with Crippen LogP contribution in [0.4, 0.5) is 10.2 Å². The summed E-state index contributed by atoms with van der Waals surface area (Å²) in [6.07, 6.45) is 1.03. The van der Waals surface area contributed by atoms with E-state index in [0.717, 1.165) is 6.20 Å². The van der Waals surface area contributed by atoms with Crippen LogP contribution in [0.1, 0.15) is 6.92 Å². The molecule has 0 aliphatic rings. The van der Waals surface area contributed by atoms with E-state index < -0.39 is 5.82 Å². The number of nitrogens with zero attached hydrogens (tertiary/aromatic N) is 2. The van der Waals surface area contributed by atoms with E-state index in [9.17, 15) is 4.39 Å². The molecular weight excluding hydrogens is 209 g/mol. The van der Waals surface area contributed by atoms with Gasteiger partial charge >= 0.3 is 0 Å². The molecule has 0 aliphatic carbocycles. The van der Waals surface area contributed by atoms with Gasteiger partial charge in [-0.2, -0.15) is 4.98 Å². The van der Waals surface area contributed by atoms with Gasteiger partial charge in [0.05, 0.1) is 12.8 Å². The lowest BCUT2D eigenvalue weighted by molar-refractivity contribution is 0.158. The zero-order valence-corrected chi connectivity index (χ0v) is 8.51. The Labute approximate surface area is 86.5 Å². The fourth-order valence-corrected chi connectivity index (χ4v) is 0.989. The Balaban J connectivity index is 2.45. The molecule has 0 radical (unpaired) electrons. The summed E-state index contributed by atoms with van der Waals surface area (Å²) in [6.45, 7) is 3.51. The van der Waals surface area contributed by atoms with Crippen molar-refractivity contribution in [1.29, 1.82) is 0 Å². The van der Waals surface area contributed by atoms with Gasteiger partial charge in [-0.15, -0.1) is 0 Å². The van der Waals surface area contributed by atoms with Crippen LogP contribution in [0.2, 0.25) is 5.28 Å². The first-order chi connectivity index (χ1) is 6.74. The first-order valence-electron chi connectivity index (χ1n) is 4.23. The molecule has 0 aromatic carbocycles. The van der Waals surface area contributed by atoms with Gasteiger partial charge in [-0.3, -0.25) is 0 Å². The monoisotopic (exact) mass is 219 g/mol. The number of hydrogen-bond donors (Lipinski definition) is 1. The average molecular weight is 220 g/mol. The van der Waals surface area contributed by atoms with Gasteiger partial charge in [0.15, 0.2) is 11.6 Å². The third-order valence-electron chi connectivity index (χ3n) is 1.46. The normalized spacial score (nSPS) is 10.2. The molecule has 1 aromatic heterocycles. The molecule has 0 atom stereocenters. The van der Waals surface area contributed by atoms with Crippen LogP contribution < -0.4 is 5.32 Å². The number of anilines is 1. The molecule has 0 amide bonds. The minimum absolute atomic E-state index is 0.0188. The van der Waals surface area contributed by atoms with Gasteiger partial charge in [-0.25, -0.2) is 9.37 Å². The Morgan fingerprint density at radius 1 is 1.64 bits per heavy atom. The van der Waals surface area contributed by atoms with Gasteiger partial charge in [-0.1, -0.05) is 0 Å². The molecule has 78 valence electrons. The van der Waals surface area contributed by atoms with E-state index in [0.29, 0.717) is 19.8 Å². The zero-order valence-electron chi connectivity index (χ0n) is 7.76. The van der Waals surface area contributed by atoms with Gasteiger partial charge < -0.3 is 10.1 Å². The van der Waals surface area contributed by atoms with Crippen LogP contribution in [-0.2, 0) is 4.74 Å². The van der Waals surface area contributed by atoms with E-state index in [1.807, 2.05) is 6.92 Å². The Morgan fingerprint density at radius 2 is 2.43 bits per heavy atom. The van der Waals surface area contributed by atoms with Gasteiger partial charge in [0.2, 0.25) is 5.28 Å². The molecule has 0 aliphatic heterocycles. The number of halogens is 2. The van der Waals surface area contributed by atoms with E-state index in [2.05, 4.69) is 15.3 Å². The molecule has 4 nitrogen and oxygen atoms in total. The van der Waals surface area contributed by atoms with Crippen LogP contribution in [0, 0.1) is 5.82 Å². The van der Waals surface area contributed by atoms with E-state index in [1.54, 1.807) is 0 Å². The summed E-state index contributed by atoms with van der Waals surface area (Å²) in [6, 6.07) is 0. The first-order valence-corrected chi connectivity index (χ1v) is 4.61. The molecule has 0 saturated carbocycles. The van der Waals surface area contributed by atoms with Crippen molar-refractivity contribution in [1.82, 2.24) is 9.97 Å². The van der Waals surface area contributed by atoms with Crippen LogP contribution in [0.25, 0.3) is 0 Å². The highest BCUT2D eigenvalue weighted by molar-refractivity contribution is 6.28. The first kappa shape index (κ1) is 11.1. The second-order valence-corrected chi connectivity index (χ2v) is 2.80. The van der Waals surface area contributed by atoms with Crippen LogP contribution >= 0.6 is 11.6 Å². The lowest BCUT2D eigenvalue weighted by Crippen LogP contribution is -2.11. The highest BCUT2D eigenvalue weighted by Gasteiger charge is 2.04. The second-order valence-electron chi connectivity index (χ2n) is 2.46. The minimum Gasteiger partial charge on any atom is -0.380 e. The maximum absolute atomic E-state index is 13.0. The van der Waals surface area contributed by atoms with Crippen molar-refractivity contribution in [2.45, 2.75) is 6.92 Å². The fourth-order valence-electron chi connectivity index (χ4n) is 0.856. The highest BCUT2D eigenvalue weighted by Crippen LogP contribution is 2.11. The summed E-state index contributed by atoms with van der Waals surface area (Å²) < 4.78 is 18.1. The number of aromatic nitrogens is 2. The second kappa shape index (κ2) is 5.72. The molecule has 1 aromatic rings. The molecule has 1 rings (SSSR count). The van der Waals surface area contributed by atoms with Crippen molar-refractivity contribution in [3.8, 4) is 0 Å². The van der Waals surface area contributed by atoms with E-state index in [-0.39, 0.29) is 11.1 Å². The van der Waals surface area contributed by atoms with Crippen molar-refractivity contribution in [2.24, 2.45) is 0 Å². The topological polar surface area (TPSA) is 47.0 Å². The van der Waals surface area contributed by atoms with Crippen LogP contribution in [0.5, 0.6) is 0 Å². The molecule has 1 N–H and O–H groups in total. The minimum atomic E-state index is -0.522. The van der Waals surface area contributed by atoms with E-state index in [1.165, 1.54) is 0 Å². The summed E-state index contributed by atoms with van der Waals surface area (Å²) in [5.41, 5.74) is 0. The standard InChI is InChI=1S/C8H11ClFN3O/c1-2-14-4-3-11-7-6(10)5-12-8(9)13-7/h5H,2-4H2,1H3,(H,11,12,13). The molecule has 0 saturated heterocycles. The SMILES string of the molecule is CCOCCNc1nc(Cl)ncc1F. The predicted octanol–water partition coefficient (Wildman–Crippen LogP) is 1.72. The number of hydrogen-bond acceptors (Lipinski definition) is 4. The van der Waals surface area contributed by atoms with Crippen molar-refractivity contribution >= 4 is 17.4 Å². The molecule has 0 bridgehead atoms. The Morgan fingerprint density at radius 3 is 3.14 bits per heavy atom. The van der Waals surface area contributed by atoms with Gasteiger partial charge in [-0.05, 0) is 18.5 Å². The summed E-state index contributed by atoms with van der Waals surface area (Å²) in [5, 5.41) is 2.77. The summed E-state index contributed by atoms with van der Waals surface area (Å²) in [4.78, 5) is 7.17. The quantitative estimate of drug-likeness (QED) is 0.605. The van der Waals surface area contributed by atoms with Crippen molar-refractivity contribution in [3.05, 3.63) is 17.3 Å². The molecule has 0 fully saturated rings. The van der Waals surface area contributed by atoms with Gasteiger partial charge in [0.25, 0.3) is 0 Å². The number of ether oxygens (including phenoxy) is 1. The highest BCUT2D eigenvalue weighted by atomic mass is 35.5. The Hall–Kier alpha value is -0.940. The number of rotatable bonds is 5. The Bertz CT molecular complexity index is 298. The Kier molecular flexibility index (Phi) is 4.55. The molecule has 0 spiro atoms. The molecule has 0 unspecified atom stereocenters. The number of nitrogens with one attached hydrogen (secondary N) is 1. The van der Waals surface area contributed by atoms with Crippen molar-refractivity contribution < 1.29 is 9.13 Å². The van der Waals surface area contributed by atoms with E-state index >= 15 is 0 Å². The van der Waals surface area contributed by atoms with Crippen LogP contribution in [0.3, 0.4) is 0 Å². The third-order valence-corrected chi connectivity index (χ3v) is 1.64. The maximum atomic E-state index is 13.0. The van der Waals surface area contributed by atoms with Crippen LogP contribution in [-0.4, -0.2) is 29.7 Å². The summed E-state index contributed by atoms with van der Waals surface area (Å²) >= 11 is 5.50. The summed E-state index contributed by atoms with van der Waals surface area (Å²) in [7, 11) is 0. The van der Waals surface area contributed by atoms with Gasteiger partial charge in [0, 0.05) is 13.2 Å². The zero-order chi connectivity index (χ0) is 10.4. The van der Waals surface area contributed by atoms with Crippen molar-refractivity contribution in [2.75, 3.05) is 25.1 Å². The maximum Gasteiger partial charge on any atom is 0.224 e. The molecular formula is C8H11ClFN3O. The molecule has 1 heterocycles. The largest absolute Gasteiger partial charge is 0.380 e. The van der Waals surface area contributed by atoms with E-state index in [4.69, 9.17) is 16.3 Å². The fraction of sp³-hybridized carbons (Fsp3) is 0.500. The molecule has 6 heteroatoms. The molecule has 14 heavy (non-hydrogen) atoms. The average Bonchev–Trinajstić information content (AvgIpc) is 2.18. The van der Waals surface area contributed by atoms with Crippen molar-refractivity contribution in [3.63, 3.8) is 0 Å². The van der Waals surface area contributed by atoms with Crippen LogP contribution in [0.15, 0.2) is 6.20 Å². The predicted molar refractivity (Wildman–Crippen MR) is 52.0 cm³/mol. The van der Waals surface area contributed by atoms with Gasteiger partial charge in [0.1, 0.15) is 0 Å². The summed E-state index contributed by atoms with van der Waals surface area (Å²) in [5.74, 6) is -0.421.